The molecule has 0 spiro atoms. The highest BCUT2D eigenvalue weighted by molar-refractivity contribution is 4.87. The first-order valence-electron chi connectivity index (χ1n) is 3.43. The van der Waals surface area contributed by atoms with Gasteiger partial charge in [-0.1, -0.05) is 0 Å². The highest BCUT2D eigenvalue weighted by atomic mass is 16.5. The van der Waals surface area contributed by atoms with E-state index >= 15 is 0 Å². The Morgan fingerprint density at radius 2 is 2.09 bits per heavy atom. The molecular weight excluding hydrogens is 152 g/mol. The summed E-state index contributed by atoms with van der Waals surface area (Å²) in [6.07, 6.45) is -4.05. The van der Waals surface area contributed by atoms with E-state index in [1.807, 2.05) is 0 Å². The summed E-state index contributed by atoms with van der Waals surface area (Å²) < 4.78 is 4.82. The molecule has 0 aromatic rings. The third-order valence-electron chi connectivity index (χ3n) is 1.76. The molecule has 5 nitrogen and oxygen atoms in total. The summed E-state index contributed by atoms with van der Waals surface area (Å²) in [6, 6.07) is 0. The van der Waals surface area contributed by atoms with E-state index in [2.05, 4.69) is 0 Å². The van der Waals surface area contributed by atoms with E-state index in [1.54, 1.807) is 0 Å². The first kappa shape index (κ1) is 8.89. The summed E-state index contributed by atoms with van der Waals surface area (Å²) >= 11 is 0. The van der Waals surface area contributed by atoms with Gasteiger partial charge in [0.15, 0.2) is 0 Å². The SMILES string of the molecule is OC[C@@H](O)[C@H]1OCC(O)[C@@H]1O. The first-order valence-corrected chi connectivity index (χ1v) is 3.43. The Kier molecular flexibility index (Phi) is 2.80. The van der Waals surface area contributed by atoms with Crippen molar-refractivity contribution in [2.24, 2.45) is 0 Å². The van der Waals surface area contributed by atoms with Crippen LogP contribution < -0.4 is 0 Å². The van der Waals surface area contributed by atoms with Crippen molar-refractivity contribution in [3.63, 3.8) is 0 Å². The highest BCUT2D eigenvalue weighted by Gasteiger charge is 2.38. The molecule has 1 rings (SSSR count). The summed E-state index contributed by atoms with van der Waals surface area (Å²) in [5, 5.41) is 35.5. The Morgan fingerprint density at radius 1 is 1.45 bits per heavy atom. The van der Waals surface area contributed by atoms with Crippen LogP contribution in [0.3, 0.4) is 0 Å². The first-order chi connectivity index (χ1) is 5.16. The molecule has 0 radical (unpaired) electrons. The lowest BCUT2D eigenvalue weighted by Crippen LogP contribution is -2.40. The predicted molar refractivity (Wildman–Crippen MR) is 34.8 cm³/mol. The Bertz CT molecular complexity index is 128. The van der Waals surface area contributed by atoms with Gasteiger partial charge < -0.3 is 25.2 Å². The maximum atomic E-state index is 9.11. The van der Waals surface area contributed by atoms with Gasteiger partial charge in [-0.15, -0.1) is 0 Å². The fourth-order valence-corrected chi connectivity index (χ4v) is 1.07. The Labute approximate surface area is 63.8 Å². The zero-order valence-electron chi connectivity index (χ0n) is 5.92. The lowest BCUT2D eigenvalue weighted by atomic mass is 10.1. The van der Waals surface area contributed by atoms with Crippen molar-refractivity contribution in [3.8, 4) is 0 Å². The van der Waals surface area contributed by atoms with E-state index in [1.165, 1.54) is 0 Å². The monoisotopic (exact) mass is 164 g/mol. The van der Waals surface area contributed by atoms with Crippen LogP contribution in [0.25, 0.3) is 0 Å². The van der Waals surface area contributed by atoms with Gasteiger partial charge in [-0.2, -0.15) is 0 Å². The number of aliphatic hydroxyl groups excluding tert-OH is 4. The third kappa shape index (κ3) is 1.69. The minimum absolute atomic E-state index is 0.00287. The van der Waals surface area contributed by atoms with Crippen molar-refractivity contribution in [1.82, 2.24) is 0 Å². The van der Waals surface area contributed by atoms with E-state index in [0.717, 1.165) is 0 Å². The molecule has 66 valence electrons. The molecule has 0 bridgehead atoms. The molecule has 5 heteroatoms. The van der Waals surface area contributed by atoms with Crippen LogP contribution in [0.5, 0.6) is 0 Å². The van der Waals surface area contributed by atoms with Crippen LogP contribution in [0.2, 0.25) is 0 Å². The second kappa shape index (κ2) is 3.46. The minimum atomic E-state index is -1.12. The Hall–Kier alpha value is -0.200. The van der Waals surface area contributed by atoms with Crippen LogP contribution in [-0.2, 0) is 4.74 Å². The van der Waals surface area contributed by atoms with Crippen molar-refractivity contribution in [1.29, 1.82) is 0 Å². The van der Waals surface area contributed by atoms with Crippen molar-refractivity contribution in [3.05, 3.63) is 0 Å². The Morgan fingerprint density at radius 3 is 2.45 bits per heavy atom. The summed E-state index contributed by atoms with van der Waals surface area (Å²) in [6.45, 7) is -0.475. The fraction of sp³-hybridized carbons (Fsp3) is 1.00. The molecule has 1 fully saturated rings. The highest BCUT2D eigenvalue weighted by Crippen LogP contribution is 2.16. The quantitative estimate of drug-likeness (QED) is 0.361. The molecule has 4 atom stereocenters. The van der Waals surface area contributed by atoms with Crippen LogP contribution >= 0.6 is 0 Å². The summed E-state index contributed by atoms with van der Waals surface area (Å²) in [7, 11) is 0. The molecule has 1 aliphatic rings. The molecule has 1 saturated heterocycles. The molecule has 1 unspecified atom stereocenters. The van der Waals surface area contributed by atoms with Crippen LogP contribution in [0, 0.1) is 0 Å². The van der Waals surface area contributed by atoms with Gasteiger partial charge in [-0.25, -0.2) is 0 Å². The van der Waals surface area contributed by atoms with Gasteiger partial charge in [0.1, 0.15) is 24.4 Å². The molecule has 1 aliphatic heterocycles. The van der Waals surface area contributed by atoms with Crippen molar-refractivity contribution in [2.75, 3.05) is 13.2 Å². The third-order valence-corrected chi connectivity index (χ3v) is 1.76. The zero-order valence-corrected chi connectivity index (χ0v) is 5.92. The lowest BCUT2D eigenvalue weighted by Gasteiger charge is -2.18. The summed E-state index contributed by atoms with van der Waals surface area (Å²) in [5.74, 6) is 0. The maximum absolute atomic E-state index is 9.11. The maximum Gasteiger partial charge on any atom is 0.114 e. The molecule has 0 aromatic carbocycles. The largest absolute Gasteiger partial charge is 0.394 e. The van der Waals surface area contributed by atoms with Gasteiger partial charge in [0, 0.05) is 0 Å². The number of rotatable bonds is 2. The molecule has 0 aromatic heterocycles. The number of aliphatic hydroxyl groups is 4. The zero-order chi connectivity index (χ0) is 8.43. The summed E-state index contributed by atoms with van der Waals surface area (Å²) in [4.78, 5) is 0. The molecule has 0 aliphatic carbocycles. The van der Waals surface area contributed by atoms with Gasteiger partial charge in [-0.3, -0.25) is 0 Å². The van der Waals surface area contributed by atoms with Crippen molar-refractivity contribution < 1.29 is 25.2 Å². The minimum Gasteiger partial charge on any atom is -0.394 e. The number of ether oxygens (including phenoxy) is 1. The van der Waals surface area contributed by atoms with Crippen LogP contribution in [0.15, 0.2) is 0 Å². The smallest absolute Gasteiger partial charge is 0.114 e. The van der Waals surface area contributed by atoms with Gasteiger partial charge in [0.05, 0.1) is 13.2 Å². The summed E-state index contributed by atoms with van der Waals surface area (Å²) in [5.41, 5.74) is 0. The van der Waals surface area contributed by atoms with Crippen molar-refractivity contribution in [2.45, 2.75) is 24.4 Å². The van der Waals surface area contributed by atoms with E-state index < -0.39 is 31.0 Å². The van der Waals surface area contributed by atoms with E-state index in [4.69, 9.17) is 25.2 Å². The normalized spacial score (nSPS) is 40.9. The fourth-order valence-electron chi connectivity index (χ4n) is 1.07. The van der Waals surface area contributed by atoms with E-state index in [9.17, 15) is 0 Å². The van der Waals surface area contributed by atoms with Gasteiger partial charge in [0.25, 0.3) is 0 Å². The van der Waals surface area contributed by atoms with Crippen LogP contribution in [0.1, 0.15) is 0 Å². The Balaban J connectivity index is 2.47. The second-order valence-corrected chi connectivity index (χ2v) is 2.61. The lowest BCUT2D eigenvalue weighted by molar-refractivity contribution is -0.0684. The molecule has 4 N–H and O–H groups in total. The van der Waals surface area contributed by atoms with Gasteiger partial charge >= 0.3 is 0 Å². The number of hydrogen-bond acceptors (Lipinski definition) is 5. The predicted octanol–water partition coefficient (Wildman–Crippen LogP) is -2.54. The van der Waals surface area contributed by atoms with Gasteiger partial charge in [0.2, 0.25) is 0 Å². The molecule has 11 heavy (non-hydrogen) atoms. The van der Waals surface area contributed by atoms with Crippen LogP contribution in [0.4, 0.5) is 0 Å². The molecule has 0 amide bonds. The molecule has 1 heterocycles. The number of hydrogen-bond donors (Lipinski definition) is 4. The van der Waals surface area contributed by atoms with E-state index in [0.29, 0.717) is 0 Å². The second-order valence-electron chi connectivity index (χ2n) is 2.61. The molecule has 0 saturated carbocycles. The topological polar surface area (TPSA) is 90.2 Å². The van der Waals surface area contributed by atoms with Gasteiger partial charge in [-0.05, 0) is 0 Å². The average Bonchev–Trinajstić information content (AvgIpc) is 2.32. The molecular formula is C6H12O5. The van der Waals surface area contributed by atoms with Crippen LogP contribution in [-0.4, -0.2) is 58.1 Å². The van der Waals surface area contributed by atoms with Crippen molar-refractivity contribution >= 4 is 0 Å². The standard InChI is InChI=1S/C6H12O5/c7-1-3(8)6-5(10)4(9)2-11-6/h3-10H,1-2H2/t3-,4?,5+,6-/m1/s1. The average molecular weight is 164 g/mol. The van der Waals surface area contributed by atoms with E-state index in [-0.39, 0.29) is 6.61 Å².